The van der Waals surface area contributed by atoms with Crippen LogP contribution in [0.3, 0.4) is 0 Å². The second-order valence-corrected chi connectivity index (χ2v) is 1.98. The van der Waals surface area contributed by atoms with Crippen molar-refractivity contribution in [2.24, 2.45) is 0 Å². The topological polar surface area (TPSA) is 73.2 Å². The average Bonchev–Trinajstić information content (AvgIpc) is 2.05. The van der Waals surface area contributed by atoms with Gasteiger partial charge in [0.2, 0.25) is 0 Å². The highest BCUT2D eigenvalue weighted by atomic mass is 16.4. The van der Waals surface area contributed by atoms with Crippen LogP contribution in [0.25, 0.3) is 0 Å². The first kappa shape index (κ1) is 7.68. The highest BCUT2D eigenvalue weighted by molar-refractivity contribution is 5.85. The van der Waals surface area contributed by atoms with Gasteiger partial charge in [-0.25, -0.2) is 0 Å². The van der Waals surface area contributed by atoms with Crippen molar-refractivity contribution in [3.8, 4) is 0 Å². The average molecular weight is 152 g/mol. The molecule has 0 aliphatic carbocycles. The lowest BCUT2D eigenvalue weighted by Gasteiger charge is -2.00. The van der Waals surface area contributed by atoms with Gasteiger partial charge in [-0.05, 0) is 12.1 Å². The highest BCUT2D eigenvalue weighted by Gasteiger charge is 1.93. The minimum atomic E-state index is -1.26. The summed E-state index contributed by atoms with van der Waals surface area (Å²) in [5.74, 6) is -1.26. The number of hydrogen-bond donors (Lipinski definition) is 1. The largest absolute Gasteiger partial charge is 0.545 e. The summed E-state index contributed by atoms with van der Waals surface area (Å²) in [5.41, 5.74) is 0.456. The zero-order valence-corrected chi connectivity index (χ0v) is 5.65. The van der Waals surface area contributed by atoms with Crippen molar-refractivity contribution in [1.82, 2.24) is 4.98 Å². The maximum absolute atomic E-state index is 10.2. The number of aliphatic hydroxyl groups excluding tert-OH is 1. The number of aromatic carboxylic acids is 1. The van der Waals surface area contributed by atoms with Gasteiger partial charge in [-0.1, -0.05) is 0 Å². The normalized spacial score (nSPS) is 9.55. The second-order valence-electron chi connectivity index (χ2n) is 1.98. The summed E-state index contributed by atoms with van der Waals surface area (Å²) in [6.45, 7) is -0.187. The fourth-order valence-electron chi connectivity index (χ4n) is 0.639. The molecule has 0 saturated heterocycles. The lowest BCUT2D eigenvalue weighted by atomic mass is 10.2. The lowest BCUT2D eigenvalue weighted by molar-refractivity contribution is -0.255. The Labute approximate surface area is 63.1 Å². The Morgan fingerprint density at radius 2 is 2.36 bits per heavy atom. The fraction of sp³-hybridized carbons (Fsp3) is 0.143. The van der Waals surface area contributed by atoms with E-state index in [1.807, 2.05) is 0 Å². The molecule has 11 heavy (non-hydrogen) atoms. The van der Waals surface area contributed by atoms with E-state index in [2.05, 4.69) is 4.98 Å². The van der Waals surface area contributed by atoms with E-state index in [9.17, 15) is 9.90 Å². The summed E-state index contributed by atoms with van der Waals surface area (Å²) in [7, 11) is 0. The predicted octanol–water partition coefficient (Wildman–Crippen LogP) is -1.06. The number of pyridine rings is 1. The van der Waals surface area contributed by atoms with Crippen molar-refractivity contribution in [1.29, 1.82) is 0 Å². The first-order valence-corrected chi connectivity index (χ1v) is 3.01. The Morgan fingerprint density at radius 1 is 1.64 bits per heavy atom. The summed E-state index contributed by atoms with van der Waals surface area (Å²) in [4.78, 5) is 13.8. The maximum atomic E-state index is 10.2. The van der Waals surface area contributed by atoms with Gasteiger partial charge in [-0.15, -0.1) is 0 Å². The number of carbonyl (C=O) groups excluding carboxylic acids is 1. The summed E-state index contributed by atoms with van der Waals surface area (Å²) >= 11 is 0. The first-order chi connectivity index (χ1) is 5.24. The van der Waals surface area contributed by atoms with Crippen molar-refractivity contribution in [2.45, 2.75) is 6.61 Å². The quantitative estimate of drug-likeness (QED) is 0.586. The molecule has 0 unspecified atom stereocenters. The van der Waals surface area contributed by atoms with E-state index in [4.69, 9.17) is 5.11 Å². The Balaban J connectivity index is 2.91. The van der Waals surface area contributed by atoms with E-state index >= 15 is 0 Å². The van der Waals surface area contributed by atoms with E-state index in [1.165, 1.54) is 12.1 Å². The van der Waals surface area contributed by atoms with E-state index in [-0.39, 0.29) is 12.2 Å². The molecule has 0 spiro atoms. The van der Waals surface area contributed by atoms with E-state index in [0.717, 1.165) is 6.20 Å². The van der Waals surface area contributed by atoms with Crippen molar-refractivity contribution < 1.29 is 15.0 Å². The van der Waals surface area contributed by atoms with Gasteiger partial charge in [-0.3, -0.25) is 4.98 Å². The van der Waals surface area contributed by atoms with Crippen LogP contribution in [-0.4, -0.2) is 16.1 Å². The number of carboxylic acids is 1. The minimum absolute atomic E-state index is 0.0159. The SMILES string of the molecule is O=C([O-])c1ccc(CO)nc1. The predicted molar refractivity (Wildman–Crippen MR) is 34.5 cm³/mol. The van der Waals surface area contributed by atoms with Gasteiger partial charge in [-0.2, -0.15) is 0 Å². The number of carbonyl (C=O) groups is 1. The zero-order chi connectivity index (χ0) is 8.27. The molecule has 1 N–H and O–H groups in total. The number of rotatable bonds is 2. The van der Waals surface area contributed by atoms with Gasteiger partial charge >= 0.3 is 0 Å². The van der Waals surface area contributed by atoms with Gasteiger partial charge < -0.3 is 15.0 Å². The monoisotopic (exact) mass is 152 g/mol. The van der Waals surface area contributed by atoms with Crippen LogP contribution >= 0.6 is 0 Å². The van der Waals surface area contributed by atoms with Crippen LogP contribution in [-0.2, 0) is 6.61 Å². The molecule has 0 amide bonds. The van der Waals surface area contributed by atoms with Crippen LogP contribution in [0.4, 0.5) is 0 Å². The molecule has 58 valence electrons. The highest BCUT2D eigenvalue weighted by Crippen LogP contribution is 1.98. The first-order valence-electron chi connectivity index (χ1n) is 3.01. The van der Waals surface area contributed by atoms with Gasteiger partial charge in [0.1, 0.15) is 0 Å². The Hall–Kier alpha value is -1.42. The molecule has 0 fully saturated rings. The molecule has 1 aromatic rings. The van der Waals surface area contributed by atoms with Crippen LogP contribution in [0.5, 0.6) is 0 Å². The molecule has 4 nitrogen and oxygen atoms in total. The Kier molecular flexibility index (Phi) is 2.18. The van der Waals surface area contributed by atoms with E-state index in [0.29, 0.717) is 5.69 Å². The minimum Gasteiger partial charge on any atom is -0.545 e. The molecule has 0 aromatic carbocycles. The van der Waals surface area contributed by atoms with Gasteiger partial charge in [0.15, 0.2) is 0 Å². The Bertz CT molecular complexity index is 255. The number of aliphatic hydroxyl groups is 1. The number of nitrogens with zero attached hydrogens (tertiary/aromatic N) is 1. The fourth-order valence-corrected chi connectivity index (χ4v) is 0.639. The van der Waals surface area contributed by atoms with Gasteiger partial charge in [0.25, 0.3) is 0 Å². The van der Waals surface area contributed by atoms with E-state index in [1.54, 1.807) is 0 Å². The lowest BCUT2D eigenvalue weighted by Crippen LogP contribution is -2.22. The van der Waals surface area contributed by atoms with Gasteiger partial charge in [0, 0.05) is 11.8 Å². The van der Waals surface area contributed by atoms with Crippen molar-refractivity contribution in [3.05, 3.63) is 29.6 Å². The van der Waals surface area contributed by atoms with Crippen LogP contribution in [0.15, 0.2) is 18.3 Å². The number of aromatic nitrogens is 1. The standard InChI is InChI=1S/C7H7NO3/c9-4-6-2-1-5(3-8-6)7(10)11/h1-3,9H,4H2,(H,10,11)/p-1. The summed E-state index contributed by atoms with van der Waals surface area (Å²) in [5, 5.41) is 18.7. The third kappa shape index (κ3) is 1.75. The van der Waals surface area contributed by atoms with Crippen LogP contribution in [0.1, 0.15) is 16.1 Å². The zero-order valence-electron chi connectivity index (χ0n) is 5.65. The third-order valence-electron chi connectivity index (χ3n) is 1.22. The van der Waals surface area contributed by atoms with Gasteiger partial charge in [0.05, 0.1) is 18.3 Å². The number of carboxylic acid groups (broad SMARTS) is 1. The molecular formula is C7H6NO3-. The molecular weight excluding hydrogens is 146 g/mol. The van der Waals surface area contributed by atoms with Crippen LogP contribution in [0, 0.1) is 0 Å². The molecule has 4 heteroatoms. The number of hydrogen-bond acceptors (Lipinski definition) is 4. The van der Waals surface area contributed by atoms with Crippen molar-refractivity contribution in [3.63, 3.8) is 0 Å². The Morgan fingerprint density at radius 3 is 2.73 bits per heavy atom. The molecule has 0 radical (unpaired) electrons. The summed E-state index contributed by atoms with van der Waals surface area (Å²) in [6, 6.07) is 2.78. The molecule has 1 aromatic heterocycles. The maximum Gasteiger partial charge on any atom is 0.0852 e. The van der Waals surface area contributed by atoms with Crippen LogP contribution in [0.2, 0.25) is 0 Å². The molecule has 0 saturated carbocycles. The molecule has 1 heterocycles. The van der Waals surface area contributed by atoms with E-state index < -0.39 is 5.97 Å². The second kappa shape index (κ2) is 3.12. The van der Waals surface area contributed by atoms with Crippen molar-refractivity contribution in [2.75, 3.05) is 0 Å². The molecule has 0 aliphatic heterocycles. The molecule has 0 aliphatic rings. The summed E-state index contributed by atoms with van der Waals surface area (Å²) in [6.07, 6.45) is 1.15. The summed E-state index contributed by atoms with van der Waals surface area (Å²) < 4.78 is 0. The molecule has 0 bridgehead atoms. The molecule has 1 rings (SSSR count). The molecule has 0 atom stereocenters. The van der Waals surface area contributed by atoms with Crippen LogP contribution < -0.4 is 5.11 Å². The smallest absolute Gasteiger partial charge is 0.0852 e. The third-order valence-corrected chi connectivity index (χ3v) is 1.22. The van der Waals surface area contributed by atoms with Crippen molar-refractivity contribution >= 4 is 5.97 Å².